The van der Waals surface area contributed by atoms with Gasteiger partial charge in [0.15, 0.2) is 0 Å². The van der Waals surface area contributed by atoms with E-state index in [-0.39, 0.29) is 23.1 Å². The van der Waals surface area contributed by atoms with Crippen LogP contribution in [0.4, 0.5) is 5.69 Å². The van der Waals surface area contributed by atoms with Gasteiger partial charge in [-0.25, -0.2) is 0 Å². The number of piperidine rings is 1. The minimum Gasteiger partial charge on any atom is -0.508 e. The minimum absolute atomic E-state index is 0.0933. The monoisotopic (exact) mass is 328 g/mol. The van der Waals surface area contributed by atoms with E-state index < -0.39 is 5.91 Å². The van der Waals surface area contributed by atoms with E-state index in [2.05, 4.69) is 16.0 Å². The van der Waals surface area contributed by atoms with Crippen LogP contribution in [0.5, 0.6) is 5.75 Å². The van der Waals surface area contributed by atoms with Crippen molar-refractivity contribution in [2.45, 2.75) is 19.8 Å². The molecule has 0 radical (unpaired) electrons. The summed E-state index contributed by atoms with van der Waals surface area (Å²) in [6.45, 7) is 3.30. The maximum absolute atomic E-state index is 12.1. The normalized spacial score (nSPS) is 15.4. The number of nitrogens with one attached hydrogen (secondary N) is 3. The molecule has 0 aliphatic carbocycles. The molecule has 24 heavy (non-hydrogen) atoms. The Bertz CT molecular complexity index is 700. The van der Waals surface area contributed by atoms with Crippen molar-refractivity contribution in [1.29, 1.82) is 5.26 Å². The minimum atomic E-state index is -0.614. The molecule has 0 bridgehead atoms. The Balaban J connectivity index is 2.00. The number of hydrogen-bond donors (Lipinski definition) is 4. The van der Waals surface area contributed by atoms with Gasteiger partial charge in [-0.05, 0) is 56.6 Å². The summed E-state index contributed by atoms with van der Waals surface area (Å²) < 4.78 is 0. The lowest BCUT2D eigenvalue weighted by Gasteiger charge is -2.20. The number of phenolic OH excluding ortho intramolecular Hbond substituents is 1. The Kier molecular flexibility index (Phi) is 5.93. The number of aromatic hydroxyl groups is 1. The van der Waals surface area contributed by atoms with Crippen LogP contribution in [0.1, 0.15) is 18.4 Å². The summed E-state index contributed by atoms with van der Waals surface area (Å²) >= 11 is 0. The first-order valence-electron chi connectivity index (χ1n) is 7.73. The Morgan fingerprint density at radius 2 is 2.08 bits per heavy atom. The summed E-state index contributed by atoms with van der Waals surface area (Å²) in [7, 11) is 0. The molecule has 1 aromatic rings. The zero-order valence-electron chi connectivity index (χ0n) is 13.4. The van der Waals surface area contributed by atoms with Gasteiger partial charge in [0.2, 0.25) is 5.91 Å². The summed E-state index contributed by atoms with van der Waals surface area (Å²) in [4.78, 5) is 24.2. The standard InChI is InChI=1S/C17H20N4O3/c1-11-8-14(22)2-3-15(11)21-17(24)13(9-18)10-20-16(23)12-4-6-19-7-5-12/h2-3,8,10,12,19,22H,4-7H2,1H3,(H,20,23)(H,21,24)/b13-10-. The second-order valence-electron chi connectivity index (χ2n) is 5.66. The molecule has 4 N–H and O–H groups in total. The highest BCUT2D eigenvalue weighted by molar-refractivity contribution is 6.07. The van der Waals surface area contributed by atoms with Crippen LogP contribution in [0.25, 0.3) is 0 Å². The number of rotatable bonds is 4. The van der Waals surface area contributed by atoms with Gasteiger partial charge in [0.25, 0.3) is 5.91 Å². The Morgan fingerprint density at radius 1 is 1.38 bits per heavy atom. The molecule has 0 spiro atoms. The van der Waals surface area contributed by atoms with Crippen LogP contribution in [-0.4, -0.2) is 30.0 Å². The molecule has 1 heterocycles. The number of phenols is 1. The maximum Gasteiger partial charge on any atom is 0.267 e. The van der Waals surface area contributed by atoms with Crippen molar-refractivity contribution in [2.75, 3.05) is 18.4 Å². The largest absolute Gasteiger partial charge is 0.508 e. The Labute approximate surface area is 140 Å². The highest BCUT2D eigenvalue weighted by Gasteiger charge is 2.20. The highest BCUT2D eigenvalue weighted by Crippen LogP contribution is 2.20. The molecule has 2 amide bonds. The van der Waals surface area contributed by atoms with Gasteiger partial charge in [-0.15, -0.1) is 0 Å². The third-order valence-corrected chi connectivity index (χ3v) is 3.89. The summed E-state index contributed by atoms with van der Waals surface area (Å²) in [5.41, 5.74) is 0.966. The third kappa shape index (κ3) is 4.57. The van der Waals surface area contributed by atoms with E-state index in [9.17, 15) is 14.7 Å². The van der Waals surface area contributed by atoms with Crippen molar-refractivity contribution in [1.82, 2.24) is 10.6 Å². The van der Waals surface area contributed by atoms with Crippen LogP contribution in [0, 0.1) is 24.2 Å². The van der Waals surface area contributed by atoms with E-state index in [0.29, 0.717) is 11.3 Å². The van der Waals surface area contributed by atoms with Gasteiger partial charge in [0.1, 0.15) is 17.4 Å². The van der Waals surface area contributed by atoms with Crippen LogP contribution in [0.3, 0.4) is 0 Å². The SMILES string of the molecule is Cc1cc(O)ccc1NC(=O)/C(C#N)=C\NC(=O)C1CCNCC1. The van der Waals surface area contributed by atoms with Gasteiger partial charge < -0.3 is 21.1 Å². The second-order valence-corrected chi connectivity index (χ2v) is 5.66. The first-order chi connectivity index (χ1) is 11.5. The molecule has 1 fully saturated rings. The zero-order valence-corrected chi connectivity index (χ0v) is 13.4. The average Bonchev–Trinajstić information content (AvgIpc) is 2.58. The molecule has 126 valence electrons. The molecule has 1 aliphatic heterocycles. The number of hydrogen-bond acceptors (Lipinski definition) is 5. The van der Waals surface area contributed by atoms with Crippen LogP contribution in [0.2, 0.25) is 0 Å². The van der Waals surface area contributed by atoms with Crippen molar-refractivity contribution in [3.8, 4) is 11.8 Å². The van der Waals surface area contributed by atoms with Gasteiger partial charge in [-0.2, -0.15) is 5.26 Å². The van der Waals surface area contributed by atoms with Gasteiger partial charge in [-0.3, -0.25) is 9.59 Å². The van der Waals surface area contributed by atoms with Crippen molar-refractivity contribution in [3.63, 3.8) is 0 Å². The topological polar surface area (TPSA) is 114 Å². The number of nitrogens with zero attached hydrogens (tertiary/aromatic N) is 1. The van der Waals surface area contributed by atoms with Crippen LogP contribution in [0.15, 0.2) is 30.0 Å². The predicted octanol–water partition coefficient (Wildman–Crippen LogP) is 1.16. The molecular formula is C17H20N4O3. The number of anilines is 1. The molecule has 7 heteroatoms. The Morgan fingerprint density at radius 3 is 2.71 bits per heavy atom. The van der Waals surface area contributed by atoms with E-state index in [1.807, 2.05) is 0 Å². The van der Waals surface area contributed by atoms with Gasteiger partial charge in [-0.1, -0.05) is 0 Å². The van der Waals surface area contributed by atoms with Gasteiger partial charge in [0, 0.05) is 17.8 Å². The van der Waals surface area contributed by atoms with Crippen molar-refractivity contribution in [2.24, 2.45) is 5.92 Å². The number of nitriles is 1. The van der Waals surface area contributed by atoms with Crippen molar-refractivity contribution < 1.29 is 14.7 Å². The molecule has 1 saturated heterocycles. The van der Waals surface area contributed by atoms with Crippen LogP contribution < -0.4 is 16.0 Å². The number of benzene rings is 1. The first-order valence-corrected chi connectivity index (χ1v) is 7.73. The lowest BCUT2D eigenvalue weighted by atomic mass is 9.97. The summed E-state index contributed by atoms with van der Waals surface area (Å²) in [5, 5.41) is 26.8. The Hall–Kier alpha value is -2.85. The number of amides is 2. The molecule has 7 nitrogen and oxygen atoms in total. The summed E-state index contributed by atoms with van der Waals surface area (Å²) in [6.07, 6.45) is 2.62. The van der Waals surface area contributed by atoms with E-state index in [1.165, 1.54) is 12.1 Å². The molecule has 0 saturated carbocycles. The average molecular weight is 328 g/mol. The lowest BCUT2D eigenvalue weighted by Crippen LogP contribution is -2.36. The molecule has 1 aromatic carbocycles. The lowest BCUT2D eigenvalue weighted by molar-refractivity contribution is -0.124. The van der Waals surface area contributed by atoms with Crippen LogP contribution >= 0.6 is 0 Å². The molecular weight excluding hydrogens is 308 g/mol. The predicted molar refractivity (Wildman–Crippen MR) is 88.9 cm³/mol. The van der Waals surface area contributed by atoms with E-state index >= 15 is 0 Å². The van der Waals surface area contributed by atoms with E-state index in [4.69, 9.17) is 5.26 Å². The molecule has 1 aliphatic rings. The fourth-order valence-electron chi connectivity index (χ4n) is 2.47. The zero-order chi connectivity index (χ0) is 17.5. The fourth-order valence-corrected chi connectivity index (χ4v) is 2.47. The molecule has 0 aromatic heterocycles. The quantitative estimate of drug-likeness (QED) is 0.376. The van der Waals surface area contributed by atoms with E-state index in [1.54, 1.807) is 19.1 Å². The van der Waals surface area contributed by atoms with Gasteiger partial charge >= 0.3 is 0 Å². The second kappa shape index (κ2) is 8.13. The smallest absolute Gasteiger partial charge is 0.267 e. The summed E-state index contributed by atoms with van der Waals surface area (Å²) in [6, 6.07) is 6.28. The highest BCUT2D eigenvalue weighted by atomic mass is 16.3. The number of aryl methyl sites for hydroxylation is 1. The molecule has 2 rings (SSSR count). The van der Waals surface area contributed by atoms with E-state index in [0.717, 1.165) is 32.1 Å². The van der Waals surface area contributed by atoms with Crippen molar-refractivity contribution >= 4 is 17.5 Å². The number of carbonyl (C=O) groups is 2. The summed E-state index contributed by atoms with van der Waals surface area (Å²) in [5.74, 6) is -0.810. The number of carbonyl (C=O) groups excluding carboxylic acids is 2. The van der Waals surface area contributed by atoms with Crippen molar-refractivity contribution in [3.05, 3.63) is 35.5 Å². The maximum atomic E-state index is 12.1. The molecule has 0 unspecified atom stereocenters. The van der Waals surface area contributed by atoms with Gasteiger partial charge in [0.05, 0.1) is 0 Å². The molecule has 0 atom stereocenters. The fraction of sp³-hybridized carbons (Fsp3) is 0.353. The first kappa shape index (κ1) is 17.5. The third-order valence-electron chi connectivity index (χ3n) is 3.89. The van der Waals surface area contributed by atoms with Crippen LogP contribution in [-0.2, 0) is 9.59 Å².